The molecule has 6 nitrogen and oxygen atoms in total. The average Bonchev–Trinajstić information content (AvgIpc) is 2.66. The van der Waals surface area contributed by atoms with Crippen LogP contribution < -0.4 is 14.8 Å². The fourth-order valence-electron chi connectivity index (χ4n) is 2.23. The molecule has 128 valence electrons. The third-order valence-electron chi connectivity index (χ3n) is 3.51. The van der Waals surface area contributed by atoms with E-state index in [0.717, 1.165) is 5.56 Å². The van der Waals surface area contributed by atoms with Gasteiger partial charge in [-0.2, -0.15) is 5.26 Å². The summed E-state index contributed by atoms with van der Waals surface area (Å²) in [5.74, 6) is 0.883. The lowest BCUT2D eigenvalue weighted by atomic mass is 10.1. The van der Waals surface area contributed by atoms with Gasteiger partial charge < -0.3 is 14.8 Å². The number of carbonyl (C=O) groups is 1. The van der Waals surface area contributed by atoms with Crippen LogP contribution in [-0.2, 0) is 11.2 Å². The maximum absolute atomic E-state index is 12.1. The summed E-state index contributed by atoms with van der Waals surface area (Å²) in [6, 6.07) is 11.0. The fraction of sp³-hybridized carbons (Fsp3) is 0.211. The first-order valence-corrected chi connectivity index (χ1v) is 7.69. The molecule has 1 heterocycles. The van der Waals surface area contributed by atoms with Crippen molar-refractivity contribution in [3.63, 3.8) is 0 Å². The minimum Gasteiger partial charge on any atom is -0.493 e. The highest BCUT2D eigenvalue weighted by Gasteiger charge is 2.09. The summed E-state index contributed by atoms with van der Waals surface area (Å²) >= 11 is 0. The number of hydrogen-bond donors (Lipinski definition) is 1. The molecule has 1 N–H and O–H groups in total. The Balaban J connectivity index is 1.96. The van der Waals surface area contributed by atoms with Crippen LogP contribution in [0.2, 0.25) is 0 Å². The van der Waals surface area contributed by atoms with E-state index >= 15 is 0 Å². The van der Waals surface area contributed by atoms with Gasteiger partial charge in [0, 0.05) is 18.9 Å². The lowest BCUT2D eigenvalue weighted by molar-refractivity contribution is -0.117. The molecular formula is C19H19N3O3. The normalized spacial score (nSPS) is 10.7. The SMILES string of the molecule is COc1ccc(CCNC(=O)/C(C#N)=C/c2cccnc2)cc1OC. The van der Waals surface area contributed by atoms with Gasteiger partial charge >= 0.3 is 0 Å². The van der Waals surface area contributed by atoms with Gasteiger partial charge in [0.1, 0.15) is 11.6 Å². The molecule has 0 aliphatic heterocycles. The molecule has 1 amide bonds. The van der Waals surface area contributed by atoms with Gasteiger partial charge in [0.25, 0.3) is 5.91 Å². The summed E-state index contributed by atoms with van der Waals surface area (Å²) in [6.07, 6.45) is 5.34. The summed E-state index contributed by atoms with van der Waals surface area (Å²) in [7, 11) is 3.15. The van der Waals surface area contributed by atoms with Crippen molar-refractivity contribution < 1.29 is 14.3 Å². The summed E-state index contributed by atoms with van der Waals surface area (Å²) in [6.45, 7) is 0.403. The predicted molar refractivity (Wildman–Crippen MR) is 94.1 cm³/mol. The van der Waals surface area contributed by atoms with Gasteiger partial charge in [-0.1, -0.05) is 12.1 Å². The number of carbonyl (C=O) groups excluding carboxylic acids is 1. The van der Waals surface area contributed by atoms with Gasteiger partial charge in [0.2, 0.25) is 0 Å². The van der Waals surface area contributed by atoms with Crippen LogP contribution in [0, 0.1) is 11.3 Å². The molecule has 1 aromatic carbocycles. The molecule has 1 aromatic heterocycles. The number of amides is 1. The topological polar surface area (TPSA) is 84.2 Å². The quantitative estimate of drug-likeness (QED) is 0.619. The molecule has 25 heavy (non-hydrogen) atoms. The first-order chi connectivity index (χ1) is 12.2. The molecule has 0 bridgehead atoms. The minimum atomic E-state index is -0.410. The summed E-state index contributed by atoms with van der Waals surface area (Å²) in [5.41, 5.74) is 1.74. The fourth-order valence-corrected chi connectivity index (χ4v) is 2.23. The van der Waals surface area contributed by atoms with Gasteiger partial charge in [-0.3, -0.25) is 9.78 Å². The largest absolute Gasteiger partial charge is 0.493 e. The Hall–Kier alpha value is -3.33. The number of ether oxygens (including phenoxy) is 2. The second-order valence-corrected chi connectivity index (χ2v) is 5.15. The monoisotopic (exact) mass is 337 g/mol. The summed E-state index contributed by atoms with van der Waals surface area (Å²) in [4.78, 5) is 16.1. The molecule has 0 aliphatic rings. The number of methoxy groups -OCH3 is 2. The highest BCUT2D eigenvalue weighted by Crippen LogP contribution is 2.27. The van der Waals surface area contributed by atoms with Crippen LogP contribution in [0.25, 0.3) is 6.08 Å². The number of hydrogen-bond acceptors (Lipinski definition) is 5. The van der Waals surface area contributed by atoms with E-state index in [4.69, 9.17) is 9.47 Å². The van der Waals surface area contributed by atoms with Crippen molar-refractivity contribution in [3.05, 3.63) is 59.4 Å². The van der Waals surface area contributed by atoms with Crippen molar-refractivity contribution in [2.75, 3.05) is 20.8 Å². The number of benzene rings is 1. The minimum absolute atomic E-state index is 0.0420. The number of nitriles is 1. The molecule has 2 aromatic rings. The van der Waals surface area contributed by atoms with Crippen LogP contribution in [0.4, 0.5) is 0 Å². The van der Waals surface area contributed by atoms with E-state index < -0.39 is 5.91 Å². The van der Waals surface area contributed by atoms with E-state index in [1.807, 2.05) is 24.3 Å². The van der Waals surface area contributed by atoms with Crippen molar-refractivity contribution in [3.8, 4) is 17.6 Å². The van der Waals surface area contributed by atoms with Crippen LogP contribution in [0.3, 0.4) is 0 Å². The Morgan fingerprint density at radius 1 is 1.28 bits per heavy atom. The number of nitrogens with zero attached hydrogens (tertiary/aromatic N) is 2. The van der Waals surface area contributed by atoms with E-state index in [1.165, 1.54) is 6.08 Å². The molecule has 0 fully saturated rings. The molecular weight excluding hydrogens is 318 g/mol. The molecule has 0 spiro atoms. The number of nitrogens with one attached hydrogen (secondary N) is 1. The average molecular weight is 337 g/mol. The third-order valence-corrected chi connectivity index (χ3v) is 3.51. The molecule has 0 radical (unpaired) electrons. The Kier molecular flexibility index (Phi) is 6.55. The first kappa shape index (κ1) is 18.0. The van der Waals surface area contributed by atoms with Crippen molar-refractivity contribution >= 4 is 12.0 Å². The Labute approximate surface area is 146 Å². The molecule has 2 rings (SSSR count). The van der Waals surface area contributed by atoms with Gasteiger partial charge in [0.15, 0.2) is 11.5 Å². The lowest BCUT2D eigenvalue weighted by Crippen LogP contribution is -2.26. The Morgan fingerprint density at radius 3 is 2.72 bits per heavy atom. The zero-order valence-electron chi connectivity index (χ0n) is 14.2. The van der Waals surface area contributed by atoms with Crippen LogP contribution >= 0.6 is 0 Å². The maximum Gasteiger partial charge on any atom is 0.261 e. The van der Waals surface area contributed by atoms with Gasteiger partial charge in [-0.25, -0.2) is 0 Å². The molecule has 0 aliphatic carbocycles. The van der Waals surface area contributed by atoms with Gasteiger partial charge in [-0.15, -0.1) is 0 Å². The van der Waals surface area contributed by atoms with Gasteiger partial charge in [0.05, 0.1) is 14.2 Å². The number of aromatic nitrogens is 1. The van der Waals surface area contributed by atoms with Crippen LogP contribution in [0.5, 0.6) is 11.5 Å². The Bertz CT molecular complexity index is 795. The molecule has 0 saturated carbocycles. The van der Waals surface area contributed by atoms with E-state index in [9.17, 15) is 10.1 Å². The van der Waals surface area contributed by atoms with Crippen LogP contribution in [-0.4, -0.2) is 31.7 Å². The zero-order chi connectivity index (χ0) is 18.1. The van der Waals surface area contributed by atoms with E-state index in [0.29, 0.717) is 30.0 Å². The molecule has 0 saturated heterocycles. The van der Waals surface area contributed by atoms with E-state index in [2.05, 4.69) is 10.3 Å². The second kappa shape index (κ2) is 9.08. The van der Waals surface area contributed by atoms with E-state index in [1.54, 1.807) is 38.7 Å². The van der Waals surface area contributed by atoms with Crippen molar-refractivity contribution in [2.45, 2.75) is 6.42 Å². The Morgan fingerprint density at radius 2 is 2.08 bits per heavy atom. The molecule has 6 heteroatoms. The number of rotatable bonds is 7. The molecule has 0 unspecified atom stereocenters. The maximum atomic E-state index is 12.1. The lowest BCUT2D eigenvalue weighted by Gasteiger charge is -2.10. The van der Waals surface area contributed by atoms with Crippen molar-refractivity contribution in [2.24, 2.45) is 0 Å². The summed E-state index contributed by atoms with van der Waals surface area (Å²) < 4.78 is 10.4. The smallest absolute Gasteiger partial charge is 0.261 e. The highest BCUT2D eigenvalue weighted by molar-refractivity contribution is 6.01. The zero-order valence-corrected chi connectivity index (χ0v) is 14.2. The second-order valence-electron chi connectivity index (χ2n) is 5.15. The predicted octanol–water partition coefficient (Wildman–Crippen LogP) is 2.36. The number of pyridine rings is 1. The van der Waals surface area contributed by atoms with Crippen molar-refractivity contribution in [1.82, 2.24) is 10.3 Å². The van der Waals surface area contributed by atoms with Crippen LogP contribution in [0.15, 0.2) is 48.3 Å². The molecule has 0 atom stereocenters. The van der Waals surface area contributed by atoms with Crippen LogP contribution in [0.1, 0.15) is 11.1 Å². The standard InChI is InChI=1S/C19H19N3O3/c1-24-17-6-5-14(11-18(17)25-2)7-9-22-19(23)16(12-20)10-15-4-3-8-21-13-15/h3-6,8,10-11,13H,7,9H2,1-2H3,(H,22,23)/b16-10+. The highest BCUT2D eigenvalue weighted by atomic mass is 16.5. The summed E-state index contributed by atoms with van der Waals surface area (Å²) in [5, 5.41) is 11.9. The van der Waals surface area contributed by atoms with Gasteiger partial charge in [-0.05, 0) is 41.8 Å². The van der Waals surface area contributed by atoms with E-state index in [-0.39, 0.29) is 5.57 Å². The van der Waals surface area contributed by atoms with Crippen molar-refractivity contribution in [1.29, 1.82) is 5.26 Å². The first-order valence-electron chi connectivity index (χ1n) is 7.69. The third kappa shape index (κ3) is 5.08.